The van der Waals surface area contributed by atoms with Crippen LogP contribution in [0.4, 0.5) is 0 Å². The molecule has 6 nitrogen and oxygen atoms in total. The molecule has 1 aliphatic heterocycles. The Hall–Kier alpha value is -2.50. The smallest absolute Gasteiger partial charge is 0.256 e. The summed E-state index contributed by atoms with van der Waals surface area (Å²) >= 11 is 0. The van der Waals surface area contributed by atoms with Crippen LogP contribution in [0.5, 0.6) is 5.75 Å². The topological polar surface area (TPSA) is 65.6 Å². The molecule has 2 amide bonds. The van der Waals surface area contributed by atoms with Gasteiger partial charge in [0.15, 0.2) is 0 Å². The average Bonchev–Trinajstić information content (AvgIpc) is 2.89. The molecule has 0 saturated carbocycles. The van der Waals surface area contributed by atoms with Gasteiger partial charge >= 0.3 is 0 Å². The second kappa shape index (κ2) is 5.71. The molecule has 1 aromatic heterocycles. The first-order valence-electron chi connectivity index (χ1n) is 7.29. The zero-order valence-corrected chi connectivity index (χ0v) is 12.8. The molecular weight excluding hydrogens is 282 g/mol. The van der Waals surface area contributed by atoms with Gasteiger partial charge in [0.25, 0.3) is 5.91 Å². The fourth-order valence-corrected chi connectivity index (χ4v) is 2.90. The molecule has 1 aromatic carbocycles. The van der Waals surface area contributed by atoms with E-state index in [1.54, 1.807) is 16.9 Å². The highest BCUT2D eigenvalue weighted by Gasteiger charge is 2.25. The number of aromatic amines is 1. The summed E-state index contributed by atoms with van der Waals surface area (Å²) < 4.78 is 5.26. The van der Waals surface area contributed by atoms with E-state index in [4.69, 9.17) is 4.74 Å². The first kappa shape index (κ1) is 14.4. The average molecular weight is 301 g/mol. The minimum atomic E-state index is 0.00236. The fourth-order valence-electron chi connectivity index (χ4n) is 2.90. The first-order chi connectivity index (χ1) is 10.6. The minimum absolute atomic E-state index is 0.00236. The zero-order chi connectivity index (χ0) is 15.7. The predicted octanol–water partition coefficient (Wildman–Crippen LogP) is 1.40. The molecule has 22 heavy (non-hydrogen) atoms. The van der Waals surface area contributed by atoms with Gasteiger partial charge in [-0.2, -0.15) is 0 Å². The Balaban J connectivity index is 1.93. The van der Waals surface area contributed by atoms with E-state index in [2.05, 4.69) is 4.98 Å². The van der Waals surface area contributed by atoms with E-state index in [1.165, 1.54) is 0 Å². The van der Waals surface area contributed by atoms with Gasteiger partial charge in [-0.1, -0.05) is 0 Å². The summed E-state index contributed by atoms with van der Waals surface area (Å²) in [7, 11) is 1.61. The van der Waals surface area contributed by atoms with Gasteiger partial charge in [0.2, 0.25) is 6.41 Å². The molecular formula is C16H19N3O3. The molecule has 116 valence electrons. The van der Waals surface area contributed by atoms with Gasteiger partial charge in [0.1, 0.15) is 5.75 Å². The van der Waals surface area contributed by atoms with Gasteiger partial charge in [0.05, 0.1) is 12.7 Å². The summed E-state index contributed by atoms with van der Waals surface area (Å²) in [6.07, 6.45) is 0.837. The van der Waals surface area contributed by atoms with E-state index in [0.29, 0.717) is 31.7 Å². The molecule has 1 N–H and O–H groups in total. The number of H-pyrrole nitrogens is 1. The molecule has 0 radical (unpaired) electrons. The maximum Gasteiger partial charge on any atom is 0.256 e. The number of aromatic nitrogens is 1. The maximum atomic E-state index is 12.8. The summed E-state index contributed by atoms with van der Waals surface area (Å²) in [5.74, 6) is 0.730. The van der Waals surface area contributed by atoms with Gasteiger partial charge in [-0.3, -0.25) is 9.59 Å². The second-order valence-corrected chi connectivity index (χ2v) is 5.47. The quantitative estimate of drug-likeness (QED) is 0.872. The Bertz CT molecular complexity index is 715. The lowest BCUT2D eigenvalue weighted by Crippen LogP contribution is -2.48. The molecule has 0 atom stereocenters. The van der Waals surface area contributed by atoms with E-state index in [0.717, 1.165) is 28.8 Å². The van der Waals surface area contributed by atoms with E-state index in [-0.39, 0.29) is 5.91 Å². The van der Waals surface area contributed by atoms with E-state index in [1.807, 2.05) is 25.1 Å². The summed E-state index contributed by atoms with van der Waals surface area (Å²) in [6, 6.07) is 5.67. The van der Waals surface area contributed by atoms with Gasteiger partial charge in [-0.05, 0) is 25.1 Å². The second-order valence-electron chi connectivity index (χ2n) is 5.47. The number of nitrogens with zero attached hydrogens (tertiary/aromatic N) is 2. The lowest BCUT2D eigenvalue weighted by atomic mass is 10.1. The summed E-state index contributed by atoms with van der Waals surface area (Å²) in [5.41, 5.74) is 2.47. The molecule has 2 aromatic rings. The van der Waals surface area contributed by atoms with Crippen molar-refractivity contribution in [2.24, 2.45) is 0 Å². The number of aryl methyl sites for hydroxylation is 1. The third kappa shape index (κ3) is 2.41. The highest BCUT2D eigenvalue weighted by Crippen LogP contribution is 2.27. The number of ether oxygens (including phenoxy) is 1. The van der Waals surface area contributed by atoms with Crippen LogP contribution >= 0.6 is 0 Å². The molecule has 0 aliphatic carbocycles. The van der Waals surface area contributed by atoms with Crippen LogP contribution < -0.4 is 4.74 Å². The van der Waals surface area contributed by atoms with Crippen molar-refractivity contribution in [2.45, 2.75) is 6.92 Å². The number of methoxy groups -OCH3 is 1. The number of fused-ring (bicyclic) bond motifs is 1. The van der Waals surface area contributed by atoms with Crippen LogP contribution in [-0.2, 0) is 4.79 Å². The summed E-state index contributed by atoms with van der Waals surface area (Å²) in [4.78, 5) is 30.4. The first-order valence-corrected chi connectivity index (χ1v) is 7.29. The summed E-state index contributed by atoms with van der Waals surface area (Å²) in [6.45, 7) is 4.20. The fraction of sp³-hybridized carbons (Fsp3) is 0.375. The third-order valence-corrected chi connectivity index (χ3v) is 4.16. The zero-order valence-electron chi connectivity index (χ0n) is 12.8. The normalized spacial score (nSPS) is 15.2. The molecule has 6 heteroatoms. The molecule has 2 heterocycles. The van der Waals surface area contributed by atoms with Crippen LogP contribution in [0.2, 0.25) is 0 Å². The number of carbonyl (C=O) groups excluding carboxylic acids is 2. The lowest BCUT2D eigenvalue weighted by Gasteiger charge is -2.32. The number of rotatable bonds is 3. The number of amides is 2. The highest BCUT2D eigenvalue weighted by molar-refractivity contribution is 6.08. The van der Waals surface area contributed by atoms with Crippen molar-refractivity contribution >= 4 is 23.2 Å². The van der Waals surface area contributed by atoms with Crippen molar-refractivity contribution in [1.82, 2.24) is 14.8 Å². The Kier molecular flexibility index (Phi) is 3.75. The van der Waals surface area contributed by atoms with Crippen molar-refractivity contribution in [2.75, 3.05) is 33.3 Å². The standard InChI is InChI=1S/C16H19N3O3/c1-11-15(13-9-12(22-2)3-4-14(13)17-11)16(21)19-7-5-18(10-20)6-8-19/h3-4,9-10,17H,5-8H2,1-2H3. The SMILES string of the molecule is COc1ccc2[nH]c(C)c(C(=O)N3CCN(C=O)CC3)c2c1. The Labute approximate surface area is 128 Å². The Morgan fingerprint density at radius 3 is 2.64 bits per heavy atom. The number of carbonyl (C=O) groups is 2. The van der Waals surface area contributed by atoms with E-state index >= 15 is 0 Å². The van der Waals surface area contributed by atoms with Gasteiger partial charge < -0.3 is 19.5 Å². The minimum Gasteiger partial charge on any atom is -0.497 e. The number of benzene rings is 1. The van der Waals surface area contributed by atoms with Gasteiger partial charge in [-0.25, -0.2) is 0 Å². The van der Waals surface area contributed by atoms with E-state index < -0.39 is 0 Å². The molecule has 1 saturated heterocycles. The summed E-state index contributed by atoms with van der Waals surface area (Å²) in [5, 5.41) is 0.875. The monoisotopic (exact) mass is 301 g/mol. The molecule has 1 fully saturated rings. The van der Waals surface area contributed by atoms with Crippen molar-refractivity contribution in [1.29, 1.82) is 0 Å². The number of nitrogens with one attached hydrogen (secondary N) is 1. The van der Waals surface area contributed by atoms with Crippen LogP contribution in [0.1, 0.15) is 16.1 Å². The Morgan fingerprint density at radius 2 is 2.00 bits per heavy atom. The molecule has 0 spiro atoms. The third-order valence-electron chi connectivity index (χ3n) is 4.16. The lowest BCUT2D eigenvalue weighted by molar-refractivity contribution is -0.119. The molecule has 1 aliphatic rings. The number of hydrogen-bond donors (Lipinski definition) is 1. The molecule has 0 bridgehead atoms. The number of piperazine rings is 1. The van der Waals surface area contributed by atoms with E-state index in [9.17, 15) is 9.59 Å². The van der Waals surface area contributed by atoms with Gasteiger partial charge in [0, 0.05) is 42.8 Å². The van der Waals surface area contributed by atoms with Crippen LogP contribution in [0.15, 0.2) is 18.2 Å². The predicted molar refractivity (Wildman–Crippen MR) is 83.1 cm³/mol. The number of hydrogen-bond acceptors (Lipinski definition) is 3. The van der Waals surface area contributed by atoms with Crippen LogP contribution in [0.25, 0.3) is 10.9 Å². The Morgan fingerprint density at radius 1 is 1.27 bits per heavy atom. The van der Waals surface area contributed by atoms with Crippen molar-refractivity contribution in [3.8, 4) is 5.75 Å². The van der Waals surface area contributed by atoms with Crippen LogP contribution in [0, 0.1) is 6.92 Å². The van der Waals surface area contributed by atoms with Crippen LogP contribution in [0.3, 0.4) is 0 Å². The van der Waals surface area contributed by atoms with Crippen LogP contribution in [-0.4, -0.2) is 60.4 Å². The molecule has 3 rings (SSSR count). The van der Waals surface area contributed by atoms with Gasteiger partial charge in [-0.15, -0.1) is 0 Å². The molecule has 0 unspecified atom stereocenters. The van der Waals surface area contributed by atoms with Crippen molar-refractivity contribution in [3.05, 3.63) is 29.5 Å². The van der Waals surface area contributed by atoms with Crippen molar-refractivity contribution < 1.29 is 14.3 Å². The highest BCUT2D eigenvalue weighted by atomic mass is 16.5. The maximum absolute atomic E-state index is 12.8. The largest absolute Gasteiger partial charge is 0.497 e. The van der Waals surface area contributed by atoms with Crippen molar-refractivity contribution in [3.63, 3.8) is 0 Å².